The van der Waals surface area contributed by atoms with Crippen LogP contribution in [-0.2, 0) is 6.54 Å². The summed E-state index contributed by atoms with van der Waals surface area (Å²) < 4.78 is 1.84. The highest BCUT2D eigenvalue weighted by Crippen LogP contribution is 2.19. The lowest BCUT2D eigenvalue weighted by atomic mass is 10.4. The van der Waals surface area contributed by atoms with Crippen LogP contribution >= 0.6 is 23.2 Å². The number of imidazole rings is 1. The van der Waals surface area contributed by atoms with Gasteiger partial charge in [0.2, 0.25) is 0 Å². The summed E-state index contributed by atoms with van der Waals surface area (Å²) in [5, 5.41) is 0.787. The molecule has 2 heterocycles. The molecule has 0 amide bonds. The van der Waals surface area contributed by atoms with Crippen molar-refractivity contribution in [1.82, 2.24) is 19.5 Å². The van der Waals surface area contributed by atoms with Crippen molar-refractivity contribution < 1.29 is 0 Å². The zero-order valence-corrected chi connectivity index (χ0v) is 9.50. The Kier molecular flexibility index (Phi) is 2.88. The molecule has 0 aliphatic heterocycles. The summed E-state index contributed by atoms with van der Waals surface area (Å²) >= 11 is 11.8. The maximum absolute atomic E-state index is 5.90. The first kappa shape index (κ1) is 10.4. The van der Waals surface area contributed by atoms with Crippen LogP contribution in [0.5, 0.6) is 0 Å². The maximum atomic E-state index is 5.90. The molecule has 2 aromatic rings. The van der Waals surface area contributed by atoms with Crippen LogP contribution in [0.4, 0.5) is 0 Å². The van der Waals surface area contributed by atoms with Crippen molar-refractivity contribution in [2.24, 2.45) is 0 Å². The van der Waals surface area contributed by atoms with Gasteiger partial charge in [-0.15, -0.1) is 0 Å². The fraction of sp³-hybridized carbons (Fsp3) is 0.222. The molecule has 0 bridgehead atoms. The molecule has 0 unspecified atom stereocenters. The van der Waals surface area contributed by atoms with E-state index in [-0.39, 0.29) is 0 Å². The standard InChI is InChI=1S/C9H8Cl2N4/c1-6-8(10)13-7(14-9(6)11)4-15-3-2-12-5-15/h2-3,5H,4H2,1H3. The Morgan fingerprint density at radius 3 is 2.47 bits per heavy atom. The first-order valence-electron chi connectivity index (χ1n) is 4.31. The molecule has 0 aliphatic carbocycles. The third kappa shape index (κ3) is 2.27. The quantitative estimate of drug-likeness (QED) is 0.760. The highest BCUT2D eigenvalue weighted by molar-refractivity contribution is 6.34. The number of hydrogen-bond acceptors (Lipinski definition) is 3. The fourth-order valence-electron chi connectivity index (χ4n) is 1.12. The second kappa shape index (κ2) is 4.16. The number of aromatic nitrogens is 4. The van der Waals surface area contributed by atoms with E-state index in [1.165, 1.54) is 0 Å². The molecule has 0 saturated heterocycles. The summed E-state index contributed by atoms with van der Waals surface area (Å²) in [4.78, 5) is 12.2. The molecule has 0 aromatic carbocycles. The molecule has 0 atom stereocenters. The van der Waals surface area contributed by atoms with Crippen LogP contribution in [0.25, 0.3) is 0 Å². The molecule has 0 spiro atoms. The van der Waals surface area contributed by atoms with Gasteiger partial charge in [0.1, 0.15) is 10.3 Å². The van der Waals surface area contributed by atoms with E-state index in [9.17, 15) is 0 Å². The predicted octanol–water partition coefficient (Wildman–Crippen LogP) is 2.34. The van der Waals surface area contributed by atoms with Gasteiger partial charge in [-0.2, -0.15) is 0 Å². The molecule has 0 aliphatic rings. The summed E-state index contributed by atoms with van der Waals surface area (Å²) in [7, 11) is 0. The summed E-state index contributed by atoms with van der Waals surface area (Å²) in [5.41, 5.74) is 0.702. The molecule has 4 nitrogen and oxygen atoms in total. The van der Waals surface area contributed by atoms with Gasteiger partial charge in [0.05, 0.1) is 12.9 Å². The lowest BCUT2D eigenvalue weighted by Gasteiger charge is -2.04. The van der Waals surface area contributed by atoms with Gasteiger partial charge in [-0.3, -0.25) is 0 Å². The number of rotatable bonds is 2. The zero-order valence-electron chi connectivity index (χ0n) is 7.98. The van der Waals surface area contributed by atoms with Crippen LogP contribution in [0.1, 0.15) is 11.4 Å². The summed E-state index contributed by atoms with van der Waals surface area (Å²) in [5.74, 6) is 0.577. The van der Waals surface area contributed by atoms with Gasteiger partial charge in [-0.1, -0.05) is 23.2 Å². The van der Waals surface area contributed by atoms with Crippen LogP contribution in [0.3, 0.4) is 0 Å². The molecule has 0 saturated carbocycles. The first-order chi connectivity index (χ1) is 7.16. The minimum absolute atomic E-state index is 0.394. The van der Waals surface area contributed by atoms with E-state index >= 15 is 0 Å². The van der Waals surface area contributed by atoms with Crippen molar-refractivity contribution in [2.45, 2.75) is 13.5 Å². The molecule has 0 fully saturated rings. The summed E-state index contributed by atoms with van der Waals surface area (Å²) in [6, 6.07) is 0. The predicted molar refractivity (Wildman–Crippen MR) is 58.1 cm³/mol. The third-order valence-electron chi connectivity index (χ3n) is 1.96. The van der Waals surface area contributed by atoms with Gasteiger partial charge in [0.25, 0.3) is 0 Å². The molecule has 2 aromatic heterocycles. The monoisotopic (exact) mass is 242 g/mol. The van der Waals surface area contributed by atoms with E-state index in [2.05, 4.69) is 15.0 Å². The Labute approximate surface area is 96.9 Å². The van der Waals surface area contributed by atoms with Crippen LogP contribution < -0.4 is 0 Å². The van der Waals surface area contributed by atoms with Crippen LogP contribution in [-0.4, -0.2) is 19.5 Å². The SMILES string of the molecule is Cc1c(Cl)nc(Cn2ccnc2)nc1Cl. The molecule has 78 valence electrons. The summed E-state index contributed by atoms with van der Waals surface area (Å²) in [6.45, 7) is 2.30. The Hall–Kier alpha value is -1.13. The first-order valence-corrected chi connectivity index (χ1v) is 5.06. The highest BCUT2D eigenvalue weighted by Gasteiger charge is 2.07. The van der Waals surface area contributed by atoms with Crippen LogP contribution in [0.15, 0.2) is 18.7 Å². The van der Waals surface area contributed by atoms with Crippen LogP contribution in [0.2, 0.25) is 10.3 Å². The lowest BCUT2D eigenvalue weighted by molar-refractivity contribution is 0.741. The Balaban J connectivity index is 2.30. The minimum Gasteiger partial charge on any atom is -0.330 e. The Morgan fingerprint density at radius 2 is 1.93 bits per heavy atom. The molecular weight excluding hydrogens is 235 g/mol. The number of halogens is 2. The highest BCUT2D eigenvalue weighted by atomic mass is 35.5. The molecular formula is C9H8Cl2N4. The zero-order chi connectivity index (χ0) is 10.8. The maximum Gasteiger partial charge on any atom is 0.151 e. The Bertz CT molecular complexity index is 444. The van der Waals surface area contributed by atoms with Gasteiger partial charge in [0, 0.05) is 18.0 Å². The second-order valence-corrected chi connectivity index (χ2v) is 3.80. The van der Waals surface area contributed by atoms with Crippen molar-refractivity contribution >= 4 is 23.2 Å². The average Bonchev–Trinajstić information content (AvgIpc) is 2.66. The van der Waals surface area contributed by atoms with Gasteiger partial charge in [-0.05, 0) is 6.92 Å². The Morgan fingerprint density at radius 1 is 1.27 bits per heavy atom. The molecule has 0 radical (unpaired) electrons. The van der Waals surface area contributed by atoms with E-state index in [4.69, 9.17) is 23.2 Å². The van der Waals surface area contributed by atoms with Crippen LogP contribution in [0, 0.1) is 6.92 Å². The molecule has 15 heavy (non-hydrogen) atoms. The van der Waals surface area contributed by atoms with Crippen molar-refractivity contribution in [3.8, 4) is 0 Å². The van der Waals surface area contributed by atoms with Gasteiger partial charge in [-0.25, -0.2) is 15.0 Å². The van der Waals surface area contributed by atoms with E-state index in [0.717, 1.165) is 0 Å². The third-order valence-corrected chi connectivity index (χ3v) is 2.69. The van der Waals surface area contributed by atoms with Gasteiger partial charge >= 0.3 is 0 Å². The number of hydrogen-bond donors (Lipinski definition) is 0. The van der Waals surface area contributed by atoms with Crippen molar-refractivity contribution in [1.29, 1.82) is 0 Å². The topological polar surface area (TPSA) is 43.6 Å². The smallest absolute Gasteiger partial charge is 0.151 e. The van der Waals surface area contributed by atoms with E-state index in [1.54, 1.807) is 19.4 Å². The van der Waals surface area contributed by atoms with Crippen molar-refractivity contribution in [3.63, 3.8) is 0 Å². The lowest BCUT2D eigenvalue weighted by Crippen LogP contribution is -2.04. The molecule has 6 heteroatoms. The van der Waals surface area contributed by atoms with Gasteiger partial charge < -0.3 is 4.57 Å². The molecule has 2 rings (SSSR count). The molecule has 0 N–H and O–H groups in total. The average molecular weight is 243 g/mol. The normalized spacial score (nSPS) is 10.6. The minimum atomic E-state index is 0.394. The van der Waals surface area contributed by atoms with Crippen molar-refractivity contribution in [2.75, 3.05) is 0 Å². The largest absolute Gasteiger partial charge is 0.330 e. The second-order valence-electron chi connectivity index (χ2n) is 3.08. The van der Waals surface area contributed by atoms with Crippen molar-refractivity contribution in [3.05, 3.63) is 40.4 Å². The fourth-order valence-corrected chi connectivity index (χ4v) is 1.54. The van der Waals surface area contributed by atoms with E-state index in [0.29, 0.717) is 28.2 Å². The van der Waals surface area contributed by atoms with E-state index < -0.39 is 0 Å². The summed E-state index contributed by atoms with van der Waals surface area (Å²) in [6.07, 6.45) is 5.20. The van der Waals surface area contributed by atoms with Gasteiger partial charge in [0.15, 0.2) is 5.82 Å². The van der Waals surface area contributed by atoms with E-state index in [1.807, 2.05) is 10.8 Å². The number of nitrogens with zero attached hydrogens (tertiary/aromatic N) is 4.